The Morgan fingerprint density at radius 1 is 1.11 bits per heavy atom. The Kier molecular flexibility index (Phi) is 4.12. The molecule has 2 aromatic rings. The van der Waals surface area contributed by atoms with E-state index < -0.39 is 5.82 Å². The van der Waals surface area contributed by atoms with E-state index in [0.29, 0.717) is 5.56 Å². The van der Waals surface area contributed by atoms with Gasteiger partial charge in [-0.15, -0.1) is 0 Å². The zero-order valence-corrected chi connectivity index (χ0v) is 11.0. The van der Waals surface area contributed by atoms with Crippen molar-refractivity contribution in [3.63, 3.8) is 0 Å². The standard InChI is InChI=1S/C15H17FN2O/c1-10(12-5-7-17-8-6-12)18-11(2)14-4-3-13(16)9-15(14)19/h3-11,18-19H,1-2H3/t10-,11?/m0/s1. The van der Waals surface area contributed by atoms with Gasteiger partial charge < -0.3 is 10.4 Å². The molecule has 3 nitrogen and oxygen atoms in total. The third-order valence-electron chi connectivity index (χ3n) is 3.17. The van der Waals surface area contributed by atoms with Crippen LogP contribution in [0.25, 0.3) is 0 Å². The molecular weight excluding hydrogens is 243 g/mol. The summed E-state index contributed by atoms with van der Waals surface area (Å²) in [6.45, 7) is 3.97. The van der Waals surface area contributed by atoms with E-state index in [4.69, 9.17) is 0 Å². The summed E-state index contributed by atoms with van der Waals surface area (Å²) in [4.78, 5) is 3.98. The average molecular weight is 260 g/mol. The van der Waals surface area contributed by atoms with Crippen LogP contribution >= 0.6 is 0 Å². The number of aromatic hydroxyl groups is 1. The van der Waals surface area contributed by atoms with E-state index in [1.165, 1.54) is 6.07 Å². The lowest BCUT2D eigenvalue weighted by atomic mass is 10.0. The molecule has 1 heterocycles. The zero-order valence-electron chi connectivity index (χ0n) is 11.0. The summed E-state index contributed by atoms with van der Waals surface area (Å²) in [5.74, 6) is -0.461. The molecule has 1 aromatic carbocycles. The molecule has 19 heavy (non-hydrogen) atoms. The highest BCUT2D eigenvalue weighted by atomic mass is 19.1. The van der Waals surface area contributed by atoms with Gasteiger partial charge in [-0.1, -0.05) is 6.07 Å². The lowest BCUT2D eigenvalue weighted by molar-refractivity contribution is 0.434. The van der Waals surface area contributed by atoms with E-state index in [1.54, 1.807) is 18.5 Å². The highest BCUT2D eigenvalue weighted by Gasteiger charge is 2.14. The number of nitrogens with zero attached hydrogens (tertiary/aromatic N) is 1. The number of nitrogens with one attached hydrogen (secondary N) is 1. The number of halogens is 1. The summed E-state index contributed by atoms with van der Waals surface area (Å²) in [7, 11) is 0. The van der Waals surface area contributed by atoms with E-state index in [0.717, 1.165) is 11.6 Å². The van der Waals surface area contributed by atoms with Crippen LogP contribution in [0.5, 0.6) is 5.75 Å². The summed E-state index contributed by atoms with van der Waals surface area (Å²) in [5, 5.41) is 13.1. The van der Waals surface area contributed by atoms with E-state index in [1.807, 2.05) is 26.0 Å². The van der Waals surface area contributed by atoms with Gasteiger partial charge in [0.05, 0.1) is 0 Å². The second kappa shape index (κ2) is 5.80. The van der Waals surface area contributed by atoms with Crippen LogP contribution < -0.4 is 5.32 Å². The van der Waals surface area contributed by atoms with Crippen LogP contribution in [0.3, 0.4) is 0 Å². The third kappa shape index (κ3) is 3.29. The smallest absolute Gasteiger partial charge is 0.126 e. The third-order valence-corrected chi connectivity index (χ3v) is 3.17. The number of rotatable bonds is 4. The van der Waals surface area contributed by atoms with Crippen LogP contribution in [0.4, 0.5) is 4.39 Å². The molecule has 1 aromatic heterocycles. The van der Waals surface area contributed by atoms with Gasteiger partial charge in [-0.2, -0.15) is 0 Å². The minimum Gasteiger partial charge on any atom is -0.508 e. The Balaban J connectivity index is 2.10. The van der Waals surface area contributed by atoms with Crippen molar-refractivity contribution >= 4 is 0 Å². The number of phenols is 1. The first-order chi connectivity index (χ1) is 9.08. The molecule has 0 fully saturated rings. The average Bonchev–Trinajstić information content (AvgIpc) is 2.39. The molecular formula is C15H17FN2O. The minimum atomic E-state index is -0.435. The Morgan fingerprint density at radius 2 is 1.79 bits per heavy atom. The first kappa shape index (κ1) is 13.5. The molecule has 1 unspecified atom stereocenters. The van der Waals surface area contributed by atoms with E-state index in [2.05, 4.69) is 10.3 Å². The topological polar surface area (TPSA) is 45.2 Å². The van der Waals surface area contributed by atoms with E-state index in [-0.39, 0.29) is 17.8 Å². The molecule has 0 amide bonds. The van der Waals surface area contributed by atoms with Gasteiger partial charge in [0, 0.05) is 36.1 Å². The van der Waals surface area contributed by atoms with Crippen molar-refractivity contribution in [1.29, 1.82) is 0 Å². The van der Waals surface area contributed by atoms with Crippen LogP contribution in [0, 0.1) is 5.82 Å². The van der Waals surface area contributed by atoms with Crippen molar-refractivity contribution in [2.24, 2.45) is 0 Å². The zero-order chi connectivity index (χ0) is 13.8. The number of phenolic OH excluding ortho intramolecular Hbond substituents is 1. The summed E-state index contributed by atoms with van der Waals surface area (Å²) in [6.07, 6.45) is 3.49. The van der Waals surface area contributed by atoms with Crippen LogP contribution in [0.1, 0.15) is 37.1 Å². The minimum absolute atomic E-state index is 0.0260. The first-order valence-electron chi connectivity index (χ1n) is 6.22. The molecule has 2 atom stereocenters. The number of pyridine rings is 1. The van der Waals surface area contributed by atoms with Gasteiger partial charge in [0.25, 0.3) is 0 Å². The Morgan fingerprint density at radius 3 is 2.42 bits per heavy atom. The Hall–Kier alpha value is -1.94. The largest absolute Gasteiger partial charge is 0.508 e. The fraction of sp³-hybridized carbons (Fsp3) is 0.267. The first-order valence-corrected chi connectivity index (χ1v) is 6.22. The van der Waals surface area contributed by atoms with Crippen LogP contribution in [0.15, 0.2) is 42.7 Å². The lowest BCUT2D eigenvalue weighted by Gasteiger charge is -2.21. The van der Waals surface area contributed by atoms with Crippen molar-refractivity contribution < 1.29 is 9.50 Å². The molecule has 2 rings (SSSR count). The Bertz CT molecular complexity index is 545. The maximum absolute atomic E-state index is 13.0. The number of aromatic nitrogens is 1. The molecule has 0 radical (unpaired) electrons. The van der Waals surface area contributed by atoms with Crippen molar-refractivity contribution in [3.05, 3.63) is 59.7 Å². The molecule has 0 saturated heterocycles. The predicted octanol–water partition coefficient (Wildman–Crippen LogP) is 3.34. The molecule has 0 aliphatic rings. The molecule has 0 aliphatic carbocycles. The fourth-order valence-corrected chi connectivity index (χ4v) is 2.10. The quantitative estimate of drug-likeness (QED) is 0.886. The fourth-order valence-electron chi connectivity index (χ4n) is 2.10. The Labute approximate surface area is 112 Å². The predicted molar refractivity (Wildman–Crippen MR) is 72.3 cm³/mol. The summed E-state index contributed by atoms with van der Waals surface area (Å²) in [6, 6.07) is 7.99. The van der Waals surface area contributed by atoms with Crippen molar-refractivity contribution in [1.82, 2.24) is 10.3 Å². The number of hydrogen-bond donors (Lipinski definition) is 2. The maximum Gasteiger partial charge on any atom is 0.126 e. The maximum atomic E-state index is 13.0. The molecule has 100 valence electrons. The summed E-state index contributed by atoms with van der Waals surface area (Å²) in [5.41, 5.74) is 1.80. The van der Waals surface area contributed by atoms with Crippen LogP contribution in [0.2, 0.25) is 0 Å². The number of benzene rings is 1. The highest BCUT2D eigenvalue weighted by molar-refractivity contribution is 5.35. The van der Waals surface area contributed by atoms with Crippen molar-refractivity contribution in [3.8, 4) is 5.75 Å². The van der Waals surface area contributed by atoms with Crippen molar-refractivity contribution in [2.75, 3.05) is 0 Å². The molecule has 2 N–H and O–H groups in total. The summed E-state index contributed by atoms with van der Waals surface area (Å²) >= 11 is 0. The van der Waals surface area contributed by atoms with Crippen molar-refractivity contribution in [2.45, 2.75) is 25.9 Å². The van der Waals surface area contributed by atoms with Gasteiger partial charge in [0.1, 0.15) is 11.6 Å². The molecule has 4 heteroatoms. The van der Waals surface area contributed by atoms with Crippen LogP contribution in [-0.2, 0) is 0 Å². The molecule has 0 bridgehead atoms. The van der Waals surface area contributed by atoms with Gasteiger partial charge in [0.15, 0.2) is 0 Å². The molecule has 0 aliphatic heterocycles. The second-order valence-electron chi connectivity index (χ2n) is 4.59. The van der Waals surface area contributed by atoms with E-state index in [9.17, 15) is 9.50 Å². The summed E-state index contributed by atoms with van der Waals surface area (Å²) < 4.78 is 13.0. The van der Waals surface area contributed by atoms with Gasteiger partial charge in [0.2, 0.25) is 0 Å². The lowest BCUT2D eigenvalue weighted by Crippen LogP contribution is -2.22. The second-order valence-corrected chi connectivity index (χ2v) is 4.59. The van der Waals surface area contributed by atoms with Crippen LogP contribution in [-0.4, -0.2) is 10.1 Å². The SMILES string of the molecule is CC(N[C@@H](C)c1ccncc1)c1ccc(F)cc1O. The number of hydrogen-bond acceptors (Lipinski definition) is 3. The van der Waals surface area contributed by atoms with Gasteiger partial charge in [-0.3, -0.25) is 4.98 Å². The normalized spacial score (nSPS) is 14.1. The molecule has 0 spiro atoms. The van der Waals surface area contributed by atoms with Gasteiger partial charge in [-0.05, 0) is 37.6 Å². The highest BCUT2D eigenvalue weighted by Crippen LogP contribution is 2.26. The molecule has 0 saturated carbocycles. The van der Waals surface area contributed by atoms with E-state index >= 15 is 0 Å². The van der Waals surface area contributed by atoms with Gasteiger partial charge in [-0.25, -0.2) is 4.39 Å². The monoisotopic (exact) mass is 260 g/mol. The van der Waals surface area contributed by atoms with Gasteiger partial charge >= 0.3 is 0 Å².